The van der Waals surface area contributed by atoms with Gasteiger partial charge in [-0.1, -0.05) is 6.92 Å². The number of halogens is 2. The van der Waals surface area contributed by atoms with Crippen LogP contribution in [0.25, 0.3) is 16.9 Å². The van der Waals surface area contributed by atoms with Gasteiger partial charge in [-0.3, -0.25) is 9.52 Å². The highest BCUT2D eigenvalue weighted by atomic mass is 32.2. The Hall–Kier alpha value is -3.81. The summed E-state index contributed by atoms with van der Waals surface area (Å²) in [4.78, 5) is 24.2. The summed E-state index contributed by atoms with van der Waals surface area (Å²) in [6, 6.07) is 5.20. The van der Waals surface area contributed by atoms with Crippen LogP contribution in [0.15, 0.2) is 30.6 Å². The van der Waals surface area contributed by atoms with E-state index in [4.69, 9.17) is 5.11 Å². The van der Waals surface area contributed by atoms with Gasteiger partial charge >= 0.3 is 5.97 Å². The number of carboxylic acid groups (broad SMARTS) is 1. The number of aryl methyl sites for hydroxylation is 1. The quantitative estimate of drug-likeness (QED) is 0.388. The molecular weight excluding hydrogens is 568 g/mol. The molecule has 0 amide bonds. The first-order valence-electron chi connectivity index (χ1n) is 13.9. The lowest BCUT2D eigenvalue weighted by Crippen LogP contribution is -2.40. The van der Waals surface area contributed by atoms with Crippen LogP contribution in [0.3, 0.4) is 0 Å². The maximum absolute atomic E-state index is 13.7. The molecule has 2 aliphatic heterocycles. The number of carbonyl (C=O) groups is 1. The number of sulfonamides is 1. The number of aliphatic carboxylic acids is 1. The fourth-order valence-electron chi connectivity index (χ4n) is 5.44. The van der Waals surface area contributed by atoms with Crippen molar-refractivity contribution in [2.75, 3.05) is 46.5 Å². The summed E-state index contributed by atoms with van der Waals surface area (Å²) in [7, 11) is -4.10. The molecule has 0 atom stereocenters. The Morgan fingerprint density at radius 1 is 1.10 bits per heavy atom. The molecule has 3 aromatic rings. The van der Waals surface area contributed by atoms with Gasteiger partial charge in [-0.2, -0.15) is 5.10 Å². The molecule has 2 N–H and O–H groups in total. The molecule has 0 saturated carbocycles. The predicted molar refractivity (Wildman–Crippen MR) is 156 cm³/mol. The van der Waals surface area contributed by atoms with E-state index >= 15 is 0 Å². The number of alkyl halides is 2. The zero-order valence-corrected chi connectivity index (χ0v) is 24.7. The van der Waals surface area contributed by atoms with Crippen molar-refractivity contribution in [1.82, 2.24) is 19.7 Å². The van der Waals surface area contributed by atoms with Gasteiger partial charge < -0.3 is 14.9 Å². The van der Waals surface area contributed by atoms with Gasteiger partial charge in [0.25, 0.3) is 5.92 Å². The van der Waals surface area contributed by atoms with Gasteiger partial charge in [0, 0.05) is 56.5 Å². The molecule has 2 aromatic heterocycles. The molecule has 11 nitrogen and oxygen atoms in total. The highest BCUT2D eigenvalue weighted by molar-refractivity contribution is 7.93. The standard InChI is InChI=1S/C28H35F2N7O4S/c1-18-6-10-35(11-7-18)26-20(3)22(34-42(40,41)17-25(38)39)4-5-24(26)37-16-21(15-31-37)23-14-19(2)32-27(33-23)36-12-8-28(29,30)9-13-36/h4-5,14-16,18,34H,6-13,17H2,1-3H3,(H,38,39). The number of piperidine rings is 2. The lowest BCUT2D eigenvalue weighted by molar-refractivity contribution is -0.134. The SMILES string of the molecule is Cc1cc(-c2cnn(-c3ccc(NS(=O)(=O)CC(=O)O)c(C)c3N3CCC(C)CC3)c2)nc(N2CCC(F)(F)CC2)n1. The van der Waals surface area contributed by atoms with Crippen LogP contribution in [0.5, 0.6) is 0 Å². The Morgan fingerprint density at radius 3 is 2.45 bits per heavy atom. The molecule has 0 aliphatic carbocycles. The predicted octanol–water partition coefficient (Wildman–Crippen LogP) is 4.24. The molecular formula is C28H35F2N7O4S. The molecule has 2 fully saturated rings. The smallest absolute Gasteiger partial charge is 0.320 e. The number of nitrogens with one attached hydrogen (secondary N) is 1. The first kappa shape index (κ1) is 29.7. The summed E-state index contributed by atoms with van der Waals surface area (Å²) < 4.78 is 56.4. The van der Waals surface area contributed by atoms with Gasteiger partial charge in [0.15, 0.2) is 5.75 Å². The number of anilines is 3. The van der Waals surface area contributed by atoms with E-state index in [1.54, 1.807) is 27.9 Å². The van der Waals surface area contributed by atoms with Crippen LogP contribution in [0.2, 0.25) is 0 Å². The number of carboxylic acids is 1. The van der Waals surface area contributed by atoms with Crippen molar-refractivity contribution >= 4 is 33.3 Å². The third-order valence-electron chi connectivity index (χ3n) is 7.83. The second-order valence-electron chi connectivity index (χ2n) is 11.2. The van der Waals surface area contributed by atoms with Crippen LogP contribution in [0, 0.1) is 19.8 Å². The molecule has 2 saturated heterocycles. The highest BCUT2D eigenvalue weighted by Gasteiger charge is 2.35. The van der Waals surface area contributed by atoms with Crippen LogP contribution in [-0.4, -0.2) is 77.1 Å². The van der Waals surface area contributed by atoms with E-state index in [1.165, 1.54) is 0 Å². The van der Waals surface area contributed by atoms with Crippen LogP contribution < -0.4 is 14.5 Å². The average Bonchev–Trinajstić information content (AvgIpc) is 3.39. The van der Waals surface area contributed by atoms with E-state index in [1.807, 2.05) is 26.1 Å². The zero-order chi connectivity index (χ0) is 30.2. The summed E-state index contributed by atoms with van der Waals surface area (Å²) in [5, 5.41) is 13.6. The summed E-state index contributed by atoms with van der Waals surface area (Å²) in [6.45, 7) is 7.75. The highest BCUT2D eigenvalue weighted by Crippen LogP contribution is 2.37. The normalized spacial score (nSPS) is 17.8. The zero-order valence-electron chi connectivity index (χ0n) is 23.8. The minimum absolute atomic E-state index is 0.175. The minimum atomic E-state index is -4.10. The van der Waals surface area contributed by atoms with Crippen molar-refractivity contribution in [3.8, 4) is 16.9 Å². The van der Waals surface area contributed by atoms with Gasteiger partial charge in [0.2, 0.25) is 16.0 Å². The molecule has 1 aromatic carbocycles. The van der Waals surface area contributed by atoms with Gasteiger partial charge in [-0.15, -0.1) is 0 Å². The first-order chi connectivity index (χ1) is 19.8. The topological polar surface area (TPSA) is 134 Å². The molecule has 0 radical (unpaired) electrons. The lowest BCUT2D eigenvalue weighted by Gasteiger charge is -2.35. The van der Waals surface area contributed by atoms with E-state index in [0.29, 0.717) is 40.1 Å². The second-order valence-corrected chi connectivity index (χ2v) is 13.0. The molecule has 0 bridgehead atoms. The molecule has 42 heavy (non-hydrogen) atoms. The Morgan fingerprint density at radius 2 is 1.79 bits per heavy atom. The van der Waals surface area contributed by atoms with Crippen molar-refractivity contribution in [1.29, 1.82) is 0 Å². The maximum atomic E-state index is 13.7. The molecule has 14 heteroatoms. The Balaban J connectivity index is 1.50. The van der Waals surface area contributed by atoms with Crippen LogP contribution in [-0.2, 0) is 14.8 Å². The van der Waals surface area contributed by atoms with Crippen LogP contribution in [0.4, 0.5) is 26.1 Å². The van der Waals surface area contributed by atoms with Crippen molar-refractivity contribution in [3.63, 3.8) is 0 Å². The molecule has 226 valence electrons. The van der Waals surface area contributed by atoms with Crippen LogP contribution >= 0.6 is 0 Å². The first-order valence-corrected chi connectivity index (χ1v) is 15.6. The third kappa shape index (κ3) is 6.63. The number of nitrogens with zero attached hydrogens (tertiary/aromatic N) is 6. The number of hydrogen-bond donors (Lipinski definition) is 2. The molecule has 5 rings (SSSR count). The Labute approximate surface area is 243 Å². The van der Waals surface area contributed by atoms with E-state index in [-0.39, 0.29) is 25.9 Å². The minimum Gasteiger partial charge on any atom is -0.480 e. The molecule has 4 heterocycles. The summed E-state index contributed by atoms with van der Waals surface area (Å²) in [5.41, 5.74) is 4.55. The van der Waals surface area contributed by atoms with Crippen molar-refractivity contribution in [2.24, 2.45) is 5.92 Å². The third-order valence-corrected chi connectivity index (χ3v) is 8.99. The van der Waals surface area contributed by atoms with Gasteiger partial charge in [-0.25, -0.2) is 31.8 Å². The fraction of sp³-hybridized carbons (Fsp3) is 0.500. The summed E-state index contributed by atoms with van der Waals surface area (Å²) >= 11 is 0. The Kier molecular flexibility index (Phi) is 8.10. The fourth-order valence-corrected chi connectivity index (χ4v) is 6.40. The van der Waals surface area contributed by atoms with Gasteiger partial charge in [0.1, 0.15) is 0 Å². The van der Waals surface area contributed by atoms with Gasteiger partial charge in [-0.05, 0) is 56.4 Å². The number of benzene rings is 1. The summed E-state index contributed by atoms with van der Waals surface area (Å²) in [5.74, 6) is -4.16. The van der Waals surface area contributed by atoms with Crippen molar-refractivity contribution in [3.05, 3.63) is 41.9 Å². The maximum Gasteiger partial charge on any atom is 0.320 e. The number of rotatable bonds is 8. The summed E-state index contributed by atoms with van der Waals surface area (Å²) in [6.07, 6.45) is 4.98. The lowest BCUT2D eigenvalue weighted by atomic mass is 9.97. The molecule has 0 unspecified atom stereocenters. The number of aromatic nitrogens is 4. The van der Waals surface area contributed by atoms with E-state index in [2.05, 4.69) is 31.6 Å². The average molecular weight is 604 g/mol. The molecule has 2 aliphatic rings. The Bertz CT molecular complexity index is 1580. The van der Waals surface area contributed by atoms with Crippen molar-refractivity contribution in [2.45, 2.75) is 52.4 Å². The van der Waals surface area contributed by atoms with E-state index in [0.717, 1.165) is 37.3 Å². The molecule has 0 spiro atoms. The monoisotopic (exact) mass is 603 g/mol. The second kappa shape index (κ2) is 11.5. The van der Waals surface area contributed by atoms with Crippen molar-refractivity contribution < 1.29 is 27.1 Å². The number of hydrogen-bond acceptors (Lipinski definition) is 8. The largest absolute Gasteiger partial charge is 0.480 e. The van der Waals surface area contributed by atoms with Gasteiger partial charge in [0.05, 0.1) is 29.0 Å². The van der Waals surface area contributed by atoms with E-state index in [9.17, 15) is 22.0 Å². The van der Waals surface area contributed by atoms with E-state index < -0.39 is 27.7 Å². The van der Waals surface area contributed by atoms with Crippen LogP contribution in [0.1, 0.15) is 43.9 Å².